The molecule has 0 bridgehead atoms. The summed E-state index contributed by atoms with van der Waals surface area (Å²) in [5.74, 6) is -1.26. The molecule has 14 heteroatoms. The predicted octanol–water partition coefficient (Wildman–Crippen LogP) is 8.43. The van der Waals surface area contributed by atoms with Crippen molar-refractivity contribution in [1.82, 2.24) is 10.6 Å². The summed E-state index contributed by atoms with van der Waals surface area (Å²) >= 11 is 0. The Hall–Kier alpha value is -6.87. The molecular formula is C55H65N5O9. The Bertz CT molecular complexity index is 2580. The quantitative estimate of drug-likeness (QED) is 0.0472. The summed E-state index contributed by atoms with van der Waals surface area (Å²) in [4.78, 5) is 58.6. The number of hydrogen-bond acceptors (Lipinski definition) is 10. The third kappa shape index (κ3) is 13.7. The number of nitrogens with one attached hydrogen (secondary N) is 3. The van der Waals surface area contributed by atoms with Crippen LogP contribution in [0.3, 0.4) is 0 Å². The average molecular weight is 940 g/mol. The molecule has 4 N–H and O–H groups in total. The number of allylic oxidation sites excluding steroid dienone is 3. The summed E-state index contributed by atoms with van der Waals surface area (Å²) in [7, 11) is 0. The molecule has 1 heterocycles. The SMILES string of the molecule is C=Cc1ccccc1N(Cc1ccccc1C)C(=O)CCC(=O)NCCOCCOCCOCCNC(=O)c1ccc(C2c3cc(C)c(NCC)cc3OC3=CC(=NCC)C(C)=CC32)c(C(=O)O)c1. The molecule has 4 aromatic rings. The van der Waals surface area contributed by atoms with Crippen molar-refractivity contribution in [2.45, 2.75) is 59.9 Å². The Morgan fingerprint density at radius 3 is 2.20 bits per heavy atom. The maximum Gasteiger partial charge on any atom is 0.336 e. The van der Waals surface area contributed by atoms with Gasteiger partial charge in [-0.25, -0.2) is 4.79 Å². The molecule has 14 nitrogen and oxygen atoms in total. The molecule has 2 unspecified atom stereocenters. The van der Waals surface area contributed by atoms with Crippen molar-refractivity contribution in [2.75, 3.05) is 76.0 Å². The molecule has 0 saturated heterocycles. The summed E-state index contributed by atoms with van der Waals surface area (Å²) < 4.78 is 23.3. The Morgan fingerprint density at radius 1 is 0.812 bits per heavy atom. The van der Waals surface area contributed by atoms with E-state index in [0.29, 0.717) is 63.1 Å². The Balaban J connectivity index is 0.894. The van der Waals surface area contributed by atoms with E-state index in [-0.39, 0.29) is 67.4 Å². The minimum Gasteiger partial charge on any atom is -0.478 e. The van der Waals surface area contributed by atoms with E-state index in [4.69, 9.17) is 18.9 Å². The van der Waals surface area contributed by atoms with Crippen LogP contribution in [0.4, 0.5) is 11.4 Å². The van der Waals surface area contributed by atoms with Crippen LogP contribution in [0.15, 0.2) is 114 Å². The van der Waals surface area contributed by atoms with E-state index in [2.05, 4.69) is 39.7 Å². The van der Waals surface area contributed by atoms with Gasteiger partial charge in [0.05, 0.1) is 63.1 Å². The van der Waals surface area contributed by atoms with Crippen LogP contribution in [-0.4, -0.2) is 100 Å². The summed E-state index contributed by atoms with van der Waals surface area (Å²) in [5, 5.41) is 19.6. The van der Waals surface area contributed by atoms with Crippen molar-refractivity contribution in [2.24, 2.45) is 10.9 Å². The average Bonchev–Trinajstić information content (AvgIpc) is 3.34. The van der Waals surface area contributed by atoms with Crippen molar-refractivity contribution in [3.8, 4) is 5.75 Å². The maximum absolute atomic E-state index is 13.5. The van der Waals surface area contributed by atoms with Crippen LogP contribution in [0.5, 0.6) is 5.75 Å². The molecule has 0 saturated carbocycles. The lowest BCUT2D eigenvalue weighted by molar-refractivity contribution is -0.125. The number of fused-ring (bicyclic) bond motifs is 2. The zero-order chi connectivity index (χ0) is 49.3. The number of ether oxygens (including phenoxy) is 4. The molecule has 2 atom stereocenters. The first-order valence-electron chi connectivity index (χ1n) is 23.7. The van der Waals surface area contributed by atoms with Gasteiger partial charge < -0.3 is 44.9 Å². The van der Waals surface area contributed by atoms with Gasteiger partial charge in [0.15, 0.2) is 0 Å². The van der Waals surface area contributed by atoms with Gasteiger partial charge in [0.1, 0.15) is 11.5 Å². The summed E-state index contributed by atoms with van der Waals surface area (Å²) in [6, 6.07) is 24.4. The van der Waals surface area contributed by atoms with Crippen LogP contribution in [0.1, 0.15) is 93.6 Å². The minimum absolute atomic E-state index is 0.0433. The number of benzene rings is 4. The van der Waals surface area contributed by atoms with E-state index in [1.54, 1.807) is 23.1 Å². The van der Waals surface area contributed by atoms with Gasteiger partial charge in [0.2, 0.25) is 11.8 Å². The first-order valence-corrected chi connectivity index (χ1v) is 23.7. The molecule has 1 aliphatic carbocycles. The first kappa shape index (κ1) is 51.5. The molecule has 0 radical (unpaired) electrons. The van der Waals surface area contributed by atoms with Crippen LogP contribution >= 0.6 is 0 Å². The van der Waals surface area contributed by atoms with Gasteiger partial charge in [-0.05, 0) is 92.3 Å². The molecule has 3 amide bonds. The molecule has 2 aliphatic rings. The van der Waals surface area contributed by atoms with Crippen LogP contribution in [0.2, 0.25) is 0 Å². The molecule has 69 heavy (non-hydrogen) atoms. The smallest absolute Gasteiger partial charge is 0.336 e. The van der Waals surface area contributed by atoms with Crippen molar-refractivity contribution in [3.05, 3.63) is 153 Å². The van der Waals surface area contributed by atoms with Gasteiger partial charge >= 0.3 is 5.97 Å². The molecule has 1 aliphatic heterocycles. The van der Waals surface area contributed by atoms with Gasteiger partial charge in [-0.1, -0.05) is 67.3 Å². The number of aliphatic imine (C=N–C) groups is 1. The van der Waals surface area contributed by atoms with E-state index in [9.17, 15) is 24.3 Å². The molecule has 4 aromatic carbocycles. The highest BCUT2D eigenvalue weighted by atomic mass is 16.5. The van der Waals surface area contributed by atoms with Crippen molar-refractivity contribution >= 4 is 46.9 Å². The highest BCUT2D eigenvalue weighted by Gasteiger charge is 2.39. The van der Waals surface area contributed by atoms with Crippen LogP contribution < -0.4 is 25.6 Å². The first-order chi connectivity index (χ1) is 33.4. The largest absolute Gasteiger partial charge is 0.478 e. The van der Waals surface area contributed by atoms with Crippen molar-refractivity contribution in [1.29, 1.82) is 0 Å². The number of amides is 3. The number of carboxylic acids is 1. The van der Waals surface area contributed by atoms with E-state index in [0.717, 1.165) is 57.0 Å². The Kier molecular flexibility index (Phi) is 19.0. The summed E-state index contributed by atoms with van der Waals surface area (Å²) in [6.07, 6.45) is 5.87. The maximum atomic E-state index is 13.5. The van der Waals surface area contributed by atoms with Gasteiger partial charge in [-0.3, -0.25) is 19.4 Å². The van der Waals surface area contributed by atoms with Gasteiger partial charge in [-0.2, -0.15) is 0 Å². The fourth-order valence-electron chi connectivity index (χ4n) is 8.50. The second-order valence-corrected chi connectivity index (χ2v) is 16.8. The second-order valence-electron chi connectivity index (χ2n) is 16.8. The van der Waals surface area contributed by atoms with Crippen molar-refractivity contribution < 1.29 is 43.2 Å². The fraction of sp³-hybridized carbons (Fsp3) is 0.364. The van der Waals surface area contributed by atoms with Gasteiger partial charge in [0, 0.05) is 79.8 Å². The number of nitrogens with zero attached hydrogens (tertiary/aromatic N) is 2. The zero-order valence-electron chi connectivity index (χ0n) is 40.4. The zero-order valence-corrected chi connectivity index (χ0v) is 40.4. The number of para-hydroxylation sites is 1. The predicted molar refractivity (Wildman–Crippen MR) is 270 cm³/mol. The Labute approximate surface area is 405 Å². The lowest BCUT2D eigenvalue weighted by Crippen LogP contribution is -2.33. The van der Waals surface area contributed by atoms with E-state index in [1.165, 1.54) is 6.07 Å². The number of carbonyl (C=O) groups is 4. The Morgan fingerprint density at radius 2 is 1.51 bits per heavy atom. The number of aromatic carboxylic acids is 1. The molecule has 0 spiro atoms. The van der Waals surface area contributed by atoms with Gasteiger partial charge in [0.25, 0.3) is 5.91 Å². The summed E-state index contributed by atoms with van der Waals surface area (Å²) in [6.45, 7) is 18.0. The molecule has 0 fully saturated rings. The van der Waals surface area contributed by atoms with Crippen LogP contribution in [0, 0.1) is 19.8 Å². The number of carbonyl (C=O) groups excluding carboxylic acids is 3. The third-order valence-electron chi connectivity index (χ3n) is 12.0. The number of aryl methyl sites for hydroxylation is 2. The summed E-state index contributed by atoms with van der Waals surface area (Å²) in [5.41, 5.74) is 9.19. The molecule has 6 rings (SSSR count). The van der Waals surface area contributed by atoms with Crippen molar-refractivity contribution in [3.63, 3.8) is 0 Å². The third-order valence-corrected chi connectivity index (χ3v) is 12.0. The van der Waals surface area contributed by atoms with E-state index in [1.807, 2.05) is 95.3 Å². The molecular weight excluding hydrogens is 875 g/mol. The lowest BCUT2D eigenvalue weighted by Gasteiger charge is -2.37. The van der Waals surface area contributed by atoms with Crippen LogP contribution in [0.25, 0.3) is 6.08 Å². The fourth-order valence-corrected chi connectivity index (χ4v) is 8.50. The van der Waals surface area contributed by atoms with E-state index < -0.39 is 11.9 Å². The highest BCUT2D eigenvalue weighted by molar-refractivity contribution is 6.09. The minimum atomic E-state index is -1.13. The van der Waals surface area contributed by atoms with Crippen LogP contribution in [-0.2, 0) is 30.3 Å². The highest BCUT2D eigenvalue weighted by Crippen LogP contribution is 2.50. The number of anilines is 2. The lowest BCUT2D eigenvalue weighted by atomic mass is 9.73. The number of hydrogen-bond donors (Lipinski definition) is 4. The number of rotatable bonds is 25. The molecule has 364 valence electrons. The number of carboxylic acid groups (broad SMARTS) is 1. The van der Waals surface area contributed by atoms with E-state index >= 15 is 0 Å². The topological polar surface area (TPSA) is 177 Å². The monoisotopic (exact) mass is 939 g/mol. The molecule has 0 aromatic heterocycles. The standard InChI is InChI=1S/C55H65N5O9/c1-7-39-15-12-13-17-48(39)60(35-41-16-11-10-14-36(41)4)52(62)21-20-51(61)58-22-24-66-26-28-68-29-27-67-25-23-59-54(63)40-18-19-42(43(32-40)55(64)65)53-44-30-37(5)46(56-8-2)33-49(44)69-50-34-47(57-9-3)38(6)31-45(50)53/h7,10-19,30-34,44,53,57H,1,8-9,20-29,35H2,2-6H3,(H,58,61)(H,59,63)(H,64,65). The normalized spacial score (nSPS) is 15.5. The second kappa shape index (κ2) is 25.5. The van der Waals surface area contributed by atoms with Gasteiger partial charge in [-0.15, -0.1) is 0 Å².